The molecular formula is C13H15BrN2S. The predicted molar refractivity (Wildman–Crippen MR) is 76.2 cm³/mol. The van der Waals surface area contributed by atoms with Crippen molar-refractivity contribution >= 4 is 27.3 Å². The van der Waals surface area contributed by atoms with Gasteiger partial charge >= 0.3 is 0 Å². The molecule has 0 aliphatic heterocycles. The maximum absolute atomic E-state index is 4.25. The van der Waals surface area contributed by atoms with E-state index in [-0.39, 0.29) is 0 Å². The molecule has 1 aromatic heterocycles. The SMILES string of the molecule is Cc1ncc(CNC(C)c2cccc(Br)c2)s1. The van der Waals surface area contributed by atoms with Crippen LogP contribution in [0.15, 0.2) is 34.9 Å². The summed E-state index contributed by atoms with van der Waals surface area (Å²) in [7, 11) is 0. The van der Waals surface area contributed by atoms with Crippen LogP contribution in [0.25, 0.3) is 0 Å². The first-order valence-corrected chi connectivity index (χ1v) is 7.16. The fourth-order valence-corrected chi connectivity index (χ4v) is 2.80. The monoisotopic (exact) mass is 310 g/mol. The molecule has 4 heteroatoms. The Labute approximate surface area is 114 Å². The van der Waals surface area contributed by atoms with Crippen LogP contribution in [0.4, 0.5) is 0 Å². The second kappa shape index (κ2) is 5.76. The quantitative estimate of drug-likeness (QED) is 0.921. The number of benzene rings is 1. The lowest BCUT2D eigenvalue weighted by atomic mass is 10.1. The average Bonchev–Trinajstić information content (AvgIpc) is 2.72. The Morgan fingerprint density at radius 3 is 2.94 bits per heavy atom. The molecule has 0 fully saturated rings. The van der Waals surface area contributed by atoms with Crippen molar-refractivity contribution in [3.8, 4) is 0 Å². The molecule has 2 nitrogen and oxygen atoms in total. The van der Waals surface area contributed by atoms with Crippen LogP contribution in [0.5, 0.6) is 0 Å². The summed E-state index contributed by atoms with van der Waals surface area (Å²) in [6.45, 7) is 5.08. The van der Waals surface area contributed by atoms with Crippen molar-refractivity contribution in [3.63, 3.8) is 0 Å². The van der Waals surface area contributed by atoms with Crippen LogP contribution in [-0.2, 0) is 6.54 Å². The normalized spacial score (nSPS) is 12.6. The number of nitrogens with zero attached hydrogens (tertiary/aromatic N) is 1. The number of rotatable bonds is 4. The van der Waals surface area contributed by atoms with Gasteiger partial charge < -0.3 is 5.32 Å². The van der Waals surface area contributed by atoms with Crippen molar-refractivity contribution in [1.29, 1.82) is 0 Å². The molecule has 0 bridgehead atoms. The van der Waals surface area contributed by atoms with E-state index in [1.807, 2.05) is 19.2 Å². The number of thiazole rings is 1. The Morgan fingerprint density at radius 1 is 1.47 bits per heavy atom. The lowest BCUT2D eigenvalue weighted by molar-refractivity contribution is 0.578. The molecule has 1 unspecified atom stereocenters. The molecule has 0 aliphatic rings. The number of aryl methyl sites for hydroxylation is 1. The molecule has 2 rings (SSSR count). The van der Waals surface area contributed by atoms with Gasteiger partial charge in [0.25, 0.3) is 0 Å². The number of nitrogens with one attached hydrogen (secondary N) is 1. The van der Waals surface area contributed by atoms with Gasteiger partial charge in [0.05, 0.1) is 5.01 Å². The maximum Gasteiger partial charge on any atom is 0.0897 e. The summed E-state index contributed by atoms with van der Waals surface area (Å²) in [4.78, 5) is 5.53. The molecule has 90 valence electrons. The summed E-state index contributed by atoms with van der Waals surface area (Å²) >= 11 is 5.24. The molecule has 0 saturated carbocycles. The molecule has 0 radical (unpaired) electrons. The molecule has 1 atom stereocenters. The highest BCUT2D eigenvalue weighted by atomic mass is 79.9. The average molecular weight is 311 g/mol. The molecule has 0 amide bonds. The van der Waals surface area contributed by atoms with Crippen LogP contribution < -0.4 is 5.32 Å². The van der Waals surface area contributed by atoms with Crippen LogP contribution in [0.1, 0.15) is 28.4 Å². The van der Waals surface area contributed by atoms with E-state index in [0.717, 1.165) is 16.0 Å². The van der Waals surface area contributed by atoms with E-state index < -0.39 is 0 Å². The predicted octanol–water partition coefficient (Wildman–Crippen LogP) is 4.06. The second-order valence-electron chi connectivity index (χ2n) is 4.00. The van der Waals surface area contributed by atoms with Gasteiger partial charge in [-0.15, -0.1) is 11.3 Å². The number of aromatic nitrogens is 1. The zero-order chi connectivity index (χ0) is 12.3. The first-order chi connectivity index (χ1) is 8.15. The third-order valence-electron chi connectivity index (χ3n) is 2.60. The van der Waals surface area contributed by atoms with Crippen LogP contribution in [-0.4, -0.2) is 4.98 Å². The minimum Gasteiger partial charge on any atom is -0.305 e. The van der Waals surface area contributed by atoms with Gasteiger partial charge in [0, 0.05) is 28.1 Å². The van der Waals surface area contributed by atoms with E-state index in [9.17, 15) is 0 Å². The van der Waals surface area contributed by atoms with E-state index in [2.05, 4.69) is 51.4 Å². The van der Waals surface area contributed by atoms with Crippen LogP contribution in [0.3, 0.4) is 0 Å². The first kappa shape index (κ1) is 12.7. The summed E-state index contributed by atoms with van der Waals surface area (Å²) in [5.74, 6) is 0. The highest BCUT2D eigenvalue weighted by Crippen LogP contribution is 2.19. The standard InChI is InChI=1S/C13H15BrN2S/c1-9(11-4-3-5-12(14)6-11)15-7-13-8-16-10(2)17-13/h3-6,8-9,15H,7H2,1-2H3. The largest absolute Gasteiger partial charge is 0.305 e. The van der Waals surface area contributed by atoms with E-state index in [1.54, 1.807) is 11.3 Å². The fourth-order valence-electron chi connectivity index (χ4n) is 1.63. The second-order valence-corrected chi connectivity index (χ2v) is 6.24. The third kappa shape index (κ3) is 3.63. The number of hydrogen-bond donors (Lipinski definition) is 1. The molecule has 0 spiro atoms. The van der Waals surface area contributed by atoms with Gasteiger partial charge in [-0.25, -0.2) is 4.98 Å². The van der Waals surface area contributed by atoms with Crippen LogP contribution >= 0.6 is 27.3 Å². The minimum atomic E-state index is 0.343. The van der Waals surface area contributed by atoms with Crippen molar-refractivity contribution in [3.05, 3.63) is 50.4 Å². The number of halogens is 1. The summed E-state index contributed by atoms with van der Waals surface area (Å²) < 4.78 is 1.12. The molecule has 0 saturated heterocycles. The molecule has 1 aromatic carbocycles. The summed E-state index contributed by atoms with van der Waals surface area (Å²) in [5, 5.41) is 4.63. The minimum absolute atomic E-state index is 0.343. The Morgan fingerprint density at radius 2 is 2.29 bits per heavy atom. The first-order valence-electron chi connectivity index (χ1n) is 5.55. The van der Waals surface area contributed by atoms with Gasteiger partial charge in [0.15, 0.2) is 0 Å². The van der Waals surface area contributed by atoms with Gasteiger partial charge in [0.1, 0.15) is 0 Å². The van der Waals surface area contributed by atoms with Crippen molar-refractivity contribution in [2.24, 2.45) is 0 Å². The highest BCUT2D eigenvalue weighted by Gasteiger charge is 2.06. The van der Waals surface area contributed by atoms with Crippen molar-refractivity contribution < 1.29 is 0 Å². The summed E-state index contributed by atoms with van der Waals surface area (Å²) in [6, 6.07) is 8.74. The van der Waals surface area contributed by atoms with Gasteiger partial charge in [-0.3, -0.25) is 0 Å². The van der Waals surface area contributed by atoms with Gasteiger partial charge in [-0.2, -0.15) is 0 Å². The Hall–Kier alpha value is -0.710. The zero-order valence-electron chi connectivity index (χ0n) is 9.90. The van der Waals surface area contributed by atoms with Crippen LogP contribution in [0, 0.1) is 6.92 Å². The Balaban J connectivity index is 1.95. The molecule has 17 heavy (non-hydrogen) atoms. The van der Waals surface area contributed by atoms with Crippen molar-refractivity contribution in [1.82, 2.24) is 10.3 Å². The van der Waals surface area contributed by atoms with E-state index in [0.29, 0.717) is 6.04 Å². The zero-order valence-corrected chi connectivity index (χ0v) is 12.3. The lowest BCUT2D eigenvalue weighted by Gasteiger charge is -2.13. The van der Waals surface area contributed by atoms with E-state index in [1.165, 1.54) is 10.4 Å². The van der Waals surface area contributed by atoms with E-state index >= 15 is 0 Å². The van der Waals surface area contributed by atoms with Gasteiger partial charge in [0.2, 0.25) is 0 Å². The smallest absolute Gasteiger partial charge is 0.0897 e. The fraction of sp³-hybridized carbons (Fsp3) is 0.308. The molecule has 1 heterocycles. The molecule has 1 N–H and O–H groups in total. The van der Waals surface area contributed by atoms with Crippen LogP contribution in [0.2, 0.25) is 0 Å². The third-order valence-corrected chi connectivity index (χ3v) is 4.01. The number of hydrogen-bond acceptors (Lipinski definition) is 3. The van der Waals surface area contributed by atoms with Crippen molar-refractivity contribution in [2.75, 3.05) is 0 Å². The summed E-state index contributed by atoms with van der Waals surface area (Å²) in [5.41, 5.74) is 1.29. The van der Waals surface area contributed by atoms with Gasteiger partial charge in [-0.1, -0.05) is 28.1 Å². The molecular weight excluding hydrogens is 296 g/mol. The molecule has 0 aliphatic carbocycles. The molecule has 2 aromatic rings. The topological polar surface area (TPSA) is 24.9 Å². The highest BCUT2D eigenvalue weighted by molar-refractivity contribution is 9.10. The van der Waals surface area contributed by atoms with E-state index in [4.69, 9.17) is 0 Å². The van der Waals surface area contributed by atoms with Crippen molar-refractivity contribution in [2.45, 2.75) is 26.4 Å². The lowest BCUT2D eigenvalue weighted by Crippen LogP contribution is -2.17. The summed E-state index contributed by atoms with van der Waals surface area (Å²) in [6.07, 6.45) is 1.95. The Bertz CT molecular complexity index is 496. The van der Waals surface area contributed by atoms with Gasteiger partial charge in [-0.05, 0) is 31.5 Å². The maximum atomic E-state index is 4.25. The Kier molecular flexibility index (Phi) is 4.31.